The van der Waals surface area contributed by atoms with Crippen LogP contribution < -0.4 is 0 Å². The number of carbonyl (C=O) groups excluding carboxylic acids is 2. The van der Waals surface area contributed by atoms with Gasteiger partial charge in [0.2, 0.25) is 0 Å². The molecule has 1 aliphatic carbocycles. The Morgan fingerprint density at radius 3 is 1.62 bits per heavy atom. The first kappa shape index (κ1) is 32.0. The second-order valence-electron chi connectivity index (χ2n) is 15.6. The molecule has 2 saturated heterocycles. The van der Waals surface area contributed by atoms with Gasteiger partial charge in [0.25, 0.3) is 0 Å². The third-order valence-corrected chi connectivity index (χ3v) is 9.53. The Kier molecular flexibility index (Phi) is 7.88. The molecular weight excluding hydrogens is 604 g/mol. The van der Waals surface area contributed by atoms with Gasteiger partial charge in [0, 0.05) is 12.1 Å². The molecule has 3 unspecified atom stereocenters. The summed E-state index contributed by atoms with van der Waals surface area (Å²) in [5, 5.41) is 0. The molecule has 48 heavy (non-hydrogen) atoms. The summed E-state index contributed by atoms with van der Waals surface area (Å²) in [4.78, 5) is 46.0. The number of piperidine rings is 1. The average molecular weight is 651 g/mol. The highest BCUT2D eigenvalue weighted by Crippen LogP contribution is 2.53. The van der Waals surface area contributed by atoms with Crippen LogP contribution >= 0.6 is 0 Å². The van der Waals surface area contributed by atoms with Crippen molar-refractivity contribution >= 4 is 12.2 Å². The van der Waals surface area contributed by atoms with E-state index in [0.717, 1.165) is 71.0 Å². The number of nitrogens with zero attached hydrogens (tertiary/aromatic N) is 4. The van der Waals surface area contributed by atoms with E-state index >= 15 is 0 Å². The number of hydrogen-bond acceptors (Lipinski definition) is 6. The van der Waals surface area contributed by atoms with Crippen molar-refractivity contribution in [1.82, 2.24) is 29.7 Å². The molecule has 2 aromatic carbocycles. The fraction of sp³-hybridized carbons (Fsp3) is 0.474. The predicted octanol–water partition coefficient (Wildman–Crippen LogP) is 8.66. The minimum atomic E-state index is -0.550. The van der Waals surface area contributed by atoms with Crippen LogP contribution in [0.25, 0.3) is 33.6 Å². The molecular formula is C38H46N6O4. The number of nitrogens with one attached hydrogen (secondary N) is 2. The molecule has 5 atom stereocenters. The summed E-state index contributed by atoms with van der Waals surface area (Å²) in [5.41, 5.74) is 5.03. The van der Waals surface area contributed by atoms with Crippen LogP contribution in [0, 0.1) is 5.92 Å². The Labute approximate surface area is 282 Å². The fourth-order valence-electron chi connectivity index (χ4n) is 7.14. The lowest BCUT2D eigenvalue weighted by Gasteiger charge is -2.30. The monoisotopic (exact) mass is 650 g/mol. The minimum Gasteiger partial charge on any atom is -0.444 e. The van der Waals surface area contributed by atoms with Crippen molar-refractivity contribution in [3.05, 3.63) is 72.6 Å². The number of benzene rings is 2. The van der Waals surface area contributed by atoms with Crippen LogP contribution in [0.15, 0.2) is 60.9 Å². The predicted molar refractivity (Wildman–Crippen MR) is 184 cm³/mol. The first-order chi connectivity index (χ1) is 22.7. The lowest BCUT2D eigenvalue weighted by molar-refractivity contribution is 0.0147. The van der Waals surface area contributed by atoms with Gasteiger partial charge in [-0.1, -0.05) is 48.5 Å². The first-order valence-corrected chi connectivity index (χ1v) is 17.1. The van der Waals surface area contributed by atoms with E-state index in [-0.39, 0.29) is 36.4 Å². The number of imidazole rings is 2. The first-order valence-electron chi connectivity index (χ1n) is 17.1. The van der Waals surface area contributed by atoms with Crippen LogP contribution in [-0.2, 0) is 9.47 Å². The number of amides is 2. The SMILES string of the molecule is C[C@H]1CCC(c2ncc(-c3ccc(-c4ccc(-c5cnc(C6CC7C[C@@H]7N6C(=O)OC(C)(C)C)[nH]5)cc4)cc3)[nH]2)N1C(=O)OC(C)(C)C. The standard InChI is InChI=1S/C38H46N6O4/c1-22-8-17-30(43(22)35(45)47-37(2,3)4)33-39-20-28(41-33)25-13-9-23(10-14-25)24-11-15-26(16-12-24)29-21-40-34(42-29)32-19-27-18-31(27)44(32)36(46)48-38(5,6)7/h9-16,20-22,27,30-32H,8,17-19H2,1-7H3,(H,39,41)(H,40,42)/t22-,27?,30?,31-,32?/m0/s1. The molecule has 3 aliphatic rings. The summed E-state index contributed by atoms with van der Waals surface area (Å²) in [6, 6.07) is 16.9. The van der Waals surface area contributed by atoms with E-state index in [2.05, 4.69) is 70.4 Å². The Bertz CT molecular complexity index is 1680. The summed E-state index contributed by atoms with van der Waals surface area (Å²) in [5.74, 6) is 2.12. The summed E-state index contributed by atoms with van der Waals surface area (Å²) in [7, 11) is 0. The second-order valence-corrected chi connectivity index (χ2v) is 15.6. The quantitative estimate of drug-likeness (QED) is 0.223. The van der Waals surface area contributed by atoms with E-state index in [1.54, 1.807) is 0 Å². The van der Waals surface area contributed by atoms with Gasteiger partial charge in [-0.05, 0) is 102 Å². The van der Waals surface area contributed by atoms with Crippen LogP contribution in [-0.4, -0.2) is 65.2 Å². The number of likely N-dealkylation sites (tertiary alicyclic amines) is 2. The number of H-pyrrole nitrogens is 2. The molecule has 252 valence electrons. The van der Waals surface area contributed by atoms with Crippen LogP contribution in [0.3, 0.4) is 0 Å². The van der Waals surface area contributed by atoms with Crippen LogP contribution in [0.4, 0.5) is 9.59 Å². The number of aromatic nitrogens is 4. The highest BCUT2D eigenvalue weighted by atomic mass is 16.6. The van der Waals surface area contributed by atoms with E-state index in [4.69, 9.17) is 14.5 Å². The smallest absolute Gasteiger partial charge is 0.411 e. The molecule has 7 rings (SSSR count). The highest BCUT2D eigenvalue weighted by molar-refractivity contribution is 5.73. The summed E-state index contributed by atoms with van der Waals surface area (Å²) in [6.07, 6.45) is 6.85. The molecule has 2 N–H and O–H groups in total. The van der Waals surface area contributed by atoms with E-state index in [9.17, 15) is 9.59 Å². The van der Waals surface area contributed by atoms with Gasteiger partial charge in [-0.15, -0.1) is 0 Å². The molecule has 10 heteroatoms. The highest BCUT2D eigenvalue weighted by Gasteiger charge is 2.56. The van der Waals surface area contributed by atoms with Crippen molar-refractivity contribution in [2.75, 3.05) is 0 Å². The second kappa shape index (κ2) is 11.8. The molecule has 2 amide bonds. The third-order valence-electron chi connectivity index (χ3n) is 9.53. The molecule has 0 spiro atoms. The lowest BCUT2D eigenvalue weighted by Crippen LogP contribution is -2.40. The van der Waals surface area contributed by atoms with Crippen LogP contribution in [0.2, 0.25) is 0 Å². The maximum atomic E-state index is 13.0. The molecule has 10 nitrogen and oxygen atoms in total. The van der Waals surface area contributed by atoms with Crippen molar-refractivity contribution in [1.29, 1.82) is 0 Å². The molecule has 2 aliphatic heterocycles. The van der Waals surface area contributed by atoms with Crippen molar-refractivity contribution in [2.24, 2.45) is 5.92 Å². The van der Waals surface area contributed by atoms with Gasteiger partial charge in [0.15, 0.2) is 0 Å². The number of carbonyl (C=O) groups is 2. The Morgan fingerprint density at radius 1 is 0.667 bits per heavy atom. The number of rotatable bonds is 5. The topological polar surface area (TPSA) is 116 Å². The maximum Gasteiger partial charge on any atom is 0.411 e. The summed E-state index contributed by atoms with van der Waals surface area (Å²) >= 11 is 0. The molecule has 0 radical (unpaired) electrons. The third kappa shape index (κ3) is 6.44. The van der Waals surface area contributed by atoms with Gasteiger partial charge < -0.3 is 19.4 Å². The normalized spacial score (nSPS) is 23.7. The maximum absolute atomic E-state index is 13.0. The molecule has 4 aromatic rings. The van der Waals surface area contributed by atoms with Gasteiger partial charge in [-0.25, -0.2) is 19.6 Å². The number of hydrogen-bond donors (Lipinski definition) is 2. The zero-order valence-corrected chi connectivity index (χ0v) is 28.9. The van der Waals surface area contributed by atoms with E-state index in [1.807, 2.05) is 63.7 Å². The molecule has 2 aromatic heterocycles. The fourth-order valence-corrected chi connectivity index (χ4v) is 7.14. The average Bonchev–Trinajstić information content (AvgIpc) is 3.51. The van der Waals surface area contributed by atoms with Crippen LogP contribution in [0.5, 0.6) is 0 Å². The van der Waals surface area contributed by atoms with Crippen LogP contribution in [0.1, 0.15) is 97.9 Å². The van der Waals surface area contributed by atoms with Crippen molar-refractivity contribution in [2.45, 2.75) is 110 Å². The molecule has 0 bridgehead atoms. The van der Waals surface area contributed by atoms with E-state index in [0.29, 0.717) is 5.92 Å². The van der Waals surface area contributed by atoms with Crippen molar-refractivity contribution in [3.8, 4) is 33.6 Å². The molecule has 1 saturated carbocycles. The summed E-state index contributed by atoms with van der Waals surface area (Å²) in [6.45, 7) is 13.4. The van der Waals surface area contributed by atoms with Gasteiger partial charge in [0.05, 0.1) is 35.9 Å². The Hall–Kier alpha value is -4.60. The zero-order chi connectivity index (χ0) is 34.0. The van der Waals surface area contributed by atoms with Gasteiger partial charge in [-0.3, -0.25) is 9.80 Å². The number of aromatic amines is 2. The van der Waals surface area contributed by atoms with E-state index < -0.39 is 11.2 Å². The lowest BCUT2D eigenvalue weighted by atomic mass is 10.0. The largest absolute Gasteiger partial charge is 0.444 e. The number of ether oxygens (including phenoxy) is 2. The Morgan fingerprint density at radius 2 is 1.12 bits per heavy atom. The summed E-state index contributed by atoms with van der Waals surface area (Å²) < 4.78 is 11.4. The van der Waals surface area contributed by atoms with Gasteiger partial charge in [0.1, 0.15) is 22.9 Å². The molecule has 4 heterocycles. The zero-order valence-electron chi connectivity index (χ0n) is 28.9. The minimum absolute atomic E-state index is 0.0895. The van der Waals surface area contributed by atoms with Gasteiger partial charge in [-0.2, -0.15) is 0 Å². The number of fused-ring (bicyclic) bond motifs is 1. The van der Waals surface area contributed by atoms with Gasteiger partial charge >= 0.3 is 12.2 Å². The Balaban J connectivity index is 1.02. The van der Waals surface area contributed by atoms with Crippen molar-refractivity contribution in [3.63, 3.8) is 0 Å². The molecule has 3 fully saturated rings. The van der Waals surface area contributed by atoms with E-state index in [1.165, 1.54) is 0 Å². The van der Waals surface area contributed by atoms with Crippen molar-refractivity contribution < 1.29 is 19.1 Å².